The Kier molecular flexibility index (Phi) is 4.69. The van der Waals surface area contributed by atoms with E-state index >= 15 is 0 Å². The number of rotatable bonds is 3. The van der Waals surface area contributed by atoms with Gasteiger partial charge in [0.15, 0.2) is 10.5 Å². The predicted molar refractivity (Wildman–Crippen MR) is 100 cm³/mol. The van der Waals surface area contributed by atoms with E-state index in [9.17, 15) is 9.59 Å². The molecule has 0 radical (unpaired) electrons. The van der Waals surface area contributed by atoms with Gasteiger partial charge in [-0.05, 0) is 50.6 Å². The van der Waals surface area contributed by atoms with Crippen molar-refractivity contribution in [3.05, 3.63) is 64.7 Å². The van der Waals surface area contributed by atoms with Crippen LogP contribution in [0, 0.1) is 0 Å². The first-order chi connectivity index (χ1) is 11.7. The first-order valence-corrected chi connectivity index (χ1v) is 9.21. The van der Waals surface area contributed by atoms with Crippen LogP contribution in [0.3, 0.4) is 0 Å². The molecular weight excluding hydrogens is 356 g/mol. The number of esters is 1. The summed E-state index contributed by atoms with van der Waals surface area (Å²) >= 11 is 7.18. The van der Waals surface area contributed by atoms with Gasteiger partial charge in [0.1, 0.15) is 5.60 Å². The predicted octanol–water partition coefficient (Wildman–Crippen LogP) is 4.95. The summed E-state index contributed by atoms with van der Waals surface area (Å²) < 4.78 is 4.32. The summed E-state index contributed by atoms with van der Waals surface area (Å²) in [5.41, 5.74) is 0.800. The second kappa shape index (κ2) is 6.50. The van der Waals surface area contributed by atoms with E-state index in [1.807, 2.05) is 30.3 Å². The molecule has 0 saturated heterocycles. The minimum absolute atomic E-state index is 0.197. The van der Waals surface area contributed by atoms with Crippen molar-refractivity contribution in [2.45, 2.75) is 42.4 Å². The normalized spacial score (nSPS) is 19.6. The molecule has 0 heterocycles. The number of ketones is 1. The summed E-state index contributed by atoms with van der Waals surface area (Å²) in [6.07, 6.45) is 0.324. The lowest BCUT2D eigenvalue weighted by molar-refractivity contribution is -0.156. The average Bonchev–Trinajstić information content (AvgIpc) is 2.82. The first-order valence-electron chi connectivity index (χ1n) is 8.02. The Hall–Kier alpha value is -1.78. The van der Waals surface area contributed by atoms with Crippen LogP contribution in [0.25, 0.3) is 0 Å². The van der Waals surface area contributed by atoms with Crippen LogP contribution in [0.2, 0.25) is 5.02 Å². The SMILES string of the molecule is CC(C)(C)OC(=O)[C@]1(Sc2ccc(Cl)cc2)Cc2ccccc2C1=O. The van der Waals surface area contributed by atoms with Crippen molar-refractivity contribution in [2.75, 3.05) is 0 Å². The molecule has 0 unspecified atom stereocenters. The van der Waals surface area contributed by atoms with Gasteiger partial charge in [0.25, 0.3) is 0 Å². The van der Waals surface area contributed by atoms with E-state index in [2.05, 4.69) is 0 Å². The fraction of sp³-hybridized carbons (Fsp3) is 0.300. The third kappa shape index (κ3) is 3.60. The van der Waals surface area contributed by atoms with Gasteiger partial charge >= 0.3 is 5.97 Å². The quantitative estimate of drug-likeness (QED) is 0.563. The highest BCUT2D eigenvalue weighted by Gasteiger charge is 2.54. The minimum Gasteiger partial charge on any atom is -0.459 e. The molecule has 1 atom stereocenters. The zero-order chi connectivity index (χ0) is 18.2. The second-order valence-corrected chi connectivity index (χ2v) is 8.86. The number of carbonyl (C=O) groups excluding carboxylic acids is 2. The molecule has 0 fully saturated rings. The molecule has 0 aromatic heterocycles. The number of Topliss-reactive ketones (excluding diaryl/α,β-unsaturated/α-hetero) is 1. The molecular formula is C20H19ClO3S. The van der Waals surface area contributed by atoms with Gasteiger partial charge in [-0.25, -0.2) is 4.79 Å². The van der Waals surface area contributed by atoms with Gasteiger partial charge in [-0.15, -0.1) is 0 Å². The van der Waals surface area contributed by atoms with Crippen LogP contribution in [0.15, 0.2) is 53.4 Å². The Morgan fingerprint density at radius 3 is 2.36 bits per heavy atom. The van der Waals surface area contributed by atoms with Crippen LogP contribution >= 0.6 is 23.4 Å². The van der Waals surface area contributed by atoms with Crippen LogP contribution in [0.4, 0.5) is 0 Å². The molecule has 3 rings (SSSR count). The summed E-state index contributed by atoms with van der Waals surface area (Å²) in [7, 11) is 0. The zero-order valence-corrected chi connectivity index (χ0v) is 15.9. The van der Waals surface area contributed by atoms with E-state index in [-0.39, 0.29) is 5.78 Å². The Bertz CT molecular complexity index is 824. The summed E-state index contributed by atoms with van der Waals surface area (Å²) in [5.74, 6) is -0.696. The molecule has 0 aliphatic heterocycles. The standard InChI is InChI=1S/C20H19ClO3S/c1-19(2,3)24-18(23)20(25-15-10-8-14(21)9-11-15)12-13-6-4-5-7-16(13)17(20)22/h4-11H,12H2,1-3H3/t20-/m0/s1. The second-order valence-electron chi connectivity index (χ2n) is 7.05. The number of hydrogen-bond acceptors (Lipinski definition) is 4. The van der Waals surface area contributed by atoms with Crippen LogP contribution in [0.1, 0.15) is 36.7 Å². The van der Waals surface area contributed by atoms with Gasteiger partial charge in [-0.1, -0.05) is 47.6 Å². The van der Waals surface area contributed by atoms with Gasteiger partial charge in [0.05, 0.1) is 0 Å². The molecule has 2 aromatic carbocycles. The molecule has 0 amide bonds. The maximum atomic E-state index is 13.2. The highest BCUT2D eigenvalue weighted by molar-refractivity contribution is 8.02. The van der Waals surface area contributed by atoms with Crippen molar-refractivity contribution in [2.24, 2.45) is 0 Å². The molecule has 1 aliphatic rings. The monoisotopic (exact) mass is 374 g/mol. The lowest BCUT2D eigenvalue weighted by Crippen LogP contribution is -2.45. The van der Waals surface area contributed by atoms with Crippen molar-refractivity contribution >= 4 is 35.1 Å². The third-order valence-corrected chi connectivity index (χ3v) is 5.51. The van der Waals surface area contributed by atoms with E-state index in [1.54, 1.807) is 39.0 Å². The Morgan fingerprint density at radius 1 is 1.12 bits per heavy atom. The van der Waals surface area contributed by atoms with Crippen LogP contribution < -0.4 is 0 Å². The number of thioether (sulfide) groups is 1. The summed E-state index contributed by atoms with van der Waals surface area (Å²) in [6.45, 7) is 5.41. The number of fused-ring (bicyclic) bond motifs is 1. The van der Waals surface area contributed by atoms with E-state index in [0.29, 0.717) is 17.0 Å². The topological polar surface area (TPSA) is 43.4 Å². The zero-order valence-electron chi connectivity index (χ0n) is 14.3. The number of benzene rings is 2. The van der Waals surface area contributed by atoms with Gasteiger partial charge in [-0.3, -0.25) is 4.79 Å². The number of hydrogen-bond donors (Lipinski definition) is 0. The van der Waals surface area contributed by atoms with E-state index in [1.165, 1.54) is 11.8 Å². The largest absolute Gasteiger partial charge is 0.459 e. The summed E-state index contributed by atoms with van der Waals surface area (Å²) in [6, 6.07) is 14.5. The smallest absolute Gasteiger partial charge is 0.331 e. The Labute approximate surface area is 156 Å². The third-order valence-electron chi connectivity index (χ3n) is 3.90. The average molecular weight is 375 g/mol. The van der Waals surface area contributed by atoms with Crippen LogP contribution in [0.5, 0.6) is 0 Å². The molecule has 0 spiro atoms. The van der Waals surface area contributed by atoms with Crippen LogP contribution in [-0.2, 0) is 16.0 Å². The Balaban J connectivity index is 2.02. The highest BCUT2D eigenvalue weighted by atomic mass is 35.5. The fourth-order valence-corrected chi connectivity index (χ4v) is 4.17. The number of carbonyl (C=O) groups is 2. The van der Waals surface area contributed by atoms with Crippen molar-refractivity contribution in [3.63, 3.8) is 0 Å². The van der Waals surface area contributed by atoms with E-state index in [0.717, 1.165) is 10.5 Å². The van der Waals surface area contributed by atoms with E-state index in [4.69, 9.17) is 16.3 Å². The molecule has 0 saturated carbocycles. The van der Waals surface area contributed by atoms with E-state index < -0.39 is 16.3 Å². The summed E-state index contributed by atoms with van der Waals surface area (Å²) in [5, 5.41) is 0.608. The molecule has 2 aromatic rings. The molecule has 3 nitrogen and oxygen atoms in total. The number of ether oxygens (including phenoxy) is 1. The molecule has 0 N–H and O–H groups in total. The lowest BCUT2D eigenvalue weighted by Gasteiger charge is -2.29. The summed E-state index contributed by atoms with van der Waals surface area (Å²) in [4.78, 5) is 27.0. The molecule has 1 aliphatic carbocycles. The maximum absolute atomic E-state index is 13.2. The first kappa shape index (κ1) is 18.0. The maximum Gasteiger partial charge on any atom is 0.331 e. The van der Waals surface area contributed by atoms with Gasteiger partial charge in [0.2, 0.25) is 0 Å². The van der Waals surface area contributed by atoms with Gasteiger partial charge in [-0.2, -0.15) is 0 Å². The van der Waals surface area contributed by atoms with Crippen LogP contribution in [-0.4, -0.2) is 22.1 Å². The van der Waals surface area contributed by atoms with Crippen molar-refractivity contribution in [1.29, 1.82) is 0 Å². The lowest BCUT2D eigenvalue weighted by atomic mass is 10.0. The molecule has 5 heteroatoms. The Morgan fingerprint density at radius 2 is 1.76 bits per heavy atom. The molecule has 0 bridgehead atoms. The van der Waals surface area contributed by atoms with Crippen molar-refractivity contribution in [1.82, 2.24) is 0 Å². The highest BCUT2D eigenvalue weighted by Crippen LogP contribution is 2.45. The van der Waals surface area contributed by atoms with Gasteiger partial charge in [0, 0.05) is 21.9 Å². The van der Waals surface area contributed by atoms with Crippen molar-refractivity contribution in [3.8, 4) is 0 Å². The van der Waals surface area contributed by atoms with Crippen molar-refractivity contribution < 1.29 is 14.3 Å². The fourth-order valence-electron chi connectivity index (χ4n) is 2.82. The molecule has 25 heavy (non-hydrogen) atoms. The number of halogens is 1. The van der Waals surface area contributed by atoms with Gasteiger partial charge < -0.3 is 4.74 Å². The molecule has 130 valence electrons. The minimum atomic E-state index is -1.30.